The molecule has 6 heteroatoms. The summed E-state index contributed by atoms with van der Waals surface area (Å²) >= 11 is 0. The van der Waals surface area contributed by atoms with Gasteiger partial charge in [-0.1, -0.05) is 0 Å². The molecular formula is C17H21NO5. The molecule has 6 nitrogen and oxygen atoms in total. The maximum absolute atomic E-state index is 12.1. The van der Waals surface area contributed by atoms with Crippen LogP contribution in [0.3, 0.4) is 0 Å². The smallest absolute Gasteiger partial charge is 0.375 e. The summed E-state index contributed by atoms with van der Waals surface area (Å²) in [4.78, 5) is 23.6. The lowest BCUT2D eigenvalue weighted by Crippen LogP contribution is -2.34. The quantitative estimate of drug-likeness (QED) is 0.828. The predicted octanol–water partition coefficient (Wildman–Crippen LogP) is 2.82. The number of nitrogens with one attached hydrogen (secondary N) is 1. The van der Waals surface area contributed by atoms with E-state index in [0.717, 1.165) is 5.39 Å². The van der Waals surface area contributed by atoms with Crippen LogP contribution < -0.4 is 10.1 Å². The van der Waals surface area contributed by atoms with Crippen LogP contribution in [0.15, 0.2) is 22.6 Å². The minimum absolute atomic E-state index is 0.00822. The predicted molar refractivity (Wildman–Crippen MR) is 85.7 cm³/mol. The van der Waals surface area contributed by atoms with Gasteiger partial charge in [0.15, 0.2) is 6.61 Å². The van der Waals surface area contributed by atoms with E-state index in [1.54, 1.807) is 19.1 Å². The summed E-state index contributed by atoms with van der Waals surface area (Å²) in [5, 5.41) is 3.44. The molecule has 1 heterocycles. The molecule has 0 saturated carbocycles. The Labute approximate surface area is 134 Å². The van der Waals surface area contributed by atoms with Crippen LogP contribution in [0.1, 0.15) is 36.9 Å². The second-order valence-corrected chi connectivity index (χ2v) is 5.45. The van der Waals surface area contributed by atoms with Crippen molar-refractivity contribution < 1.29 is 23.5 Å². The van der Waals surface area contributed by atoms with Gasteiger partial charge in [-0.2, -0.15) is 0 Å². The molecule has 1 aromatic heterocycles. The Balaban J connectivity index is 2.14. The second-order valence-electron chi connectivity index (χ2n) is 5.45. The van der Waals surface area contributed by atoms with Gasteiger partial charge in [0.05, 0.1) is 6.61 Å². The van der Waals surface area contributed by atoms with Gasteiger partial charge in [-0.3, -0.25) is 4.79 Å². The van der Waals surface area contributed by atoms with Gasteiger partial charge in [0.2, 0.25) is 5.76 Å². The first kappa shape index (κ1) is 16.9. The number of amides is 1. The summed E-state index contributed by atoms with van der Waals surface area (Å²) in [6.45, 7) is 7.56. The van der Waals surface area contributed by atoms with E-state index in [0.29, 0.717) is 23.5 Å². The van der Waals surface area contributed by atoms with Crippen LogP contribution in [0.25, 0.3) is 11.0 Å². The molecule has 0 atom stereocenters. The summed E-state index contributed by atoms with van der Waals surface area (Å²) < 4.78 is 16.0. The zero-order valence-corrected chi connectivity index (χ0v) is 13.8. The number of esters is 1. The van der Waals surface area contributed by atoms with E-state index >= 15 is 0 Å². The van der Waals surface area contributed by atoms with E-state index in [-0.39, 0.29) is 24.3 Å². The topological polar surface area (TPSA) is 77.8 Å². The van der Waals surface area contributed by atoms with Gasteiger partial charge in [0.25, 0.3) is 5.91 Å². The molecule has 2 rings (SSSR count). The summed E-state index contributed by atoms with van der Waals surface area (Å²) in [5.74, 6) is -0.192. The van der Waals surface area contributed by atoms with Gasteiger partial charge >= 0.3 is 5.97 Å². The van der Waals surface area contributed by atoms with Crippen LogP contribution in [0.4, 0.5) is 0 Å². The molecule has 0 saturated heterocycles. The Hall–Kier alpha value is -2.50. The highest BCUT2D eigenvalue weighted by Crippen LogP contribution is 2.29. The summed E-state index contributed by atoms with van der Waals surface area (Å²) in [7, 11) is 0. The highest BCUT2D eigenvalue weighted by Gasteiger charge is 2.20. The first-order valence-electron chi connectivity index (χ1n) is 7.54. The van der Waals surface area contributed by atoms with Crippen LogP contribution in [0.5, 0.6) is 5.75 Å². The fourth-order valence-electron chi connectivity index (χ4n) is 2.21. The molecular weight excluding hydrogens is 298 g/mol. The lowest BCUT2D eigenvalue weighted by Gasteiger charge is -2.08. The number of rotatable bonds is 6. The van der Waals surface area contributed by atoms with Crippen molar-refractivity contribution in [2.75, 3.05) is 13.2 Å². The molecule has 124 valence electrons. The van der Waals surface area contributed by atoms with E-state index in [2.05, 4.69) is 5.32 Å². The van der Waals surface area contributed by atoms with Gasteiger partial charge < -0.3 is 19.2 Å². The first-order chi connectivity index (χ1) is 10.9. The Bertz CT molecular complexity index is 717. The van der Waals surface area contributed by atoms with E-state index in [9.17, 15) is 9.59 Å². The molecule has 1 N–H and O–H groups in total. The second kappa shape index (κ2) is 7.17. The summed E-state index contributed by atoms with van der Waals surface area (Å²) in [6, 6.07) is 5.33. The number of fused-ring (bicyclic) bond motifs is 1. The minimum Gasteiger partial charge on any atom is -0.494 e. The molecule has 23 heavy (non-hydrogen) atoms. The maximum atomic E-state index is 12.1. The number of ether oxygens (including phenoxy) is 2. The average Bonchev–Trinajstić information content (AvgIpc) is 2.82. The normalized spacial score (nSPS) is 10.8. The van der Waals surface area contributed by atoms with E-state index in [4.69, 9.17) is 13.9 Å². The van der Waals surface area contributed by atoms with Crippen molar-refractivity contribution in [3.05, 3.63) is 29.5 Å². The van der Waals surface area contributed by atoms with Crippen molar-refractivity contribution in [3.8, 4) is 5.75 Å². The molecule has 1 amide bonds. The molecule has 0 radical (unpaired) electrons. The van der Waals surface area contributed by atoms with Crippen LogP contribution in [0.2, 0.25) is 0 Å². The van der Waals surface area contributed by atoms with Crippen LogP contribution in [0, 0.1) is 6.92 Å². The summed E-state index contributed by atoms with van der Waals surface area (Å²) in [6.07, 6.45) is 0. The molecule has 0 fully saturated rings. The number of carbonyl (C=O) groups is 2. The molecule has 0 bridgehead atoms. The van der Waals surface area contributed by atoms with Crippen molar-refractivity contribution in [1.82, 2.24) is 5.32 Å². The third-order valence-corrected chi connectivity index (χ3v) is 3.19. The molecule has 0 spiro atoms. The number of aryl methyl sites for hydroxylation is 1. The number of benzene rings is 1. The Kier molecular flexibility index (Phi) is 5.26. The molecule has 1 aromatic carbocycles. The lowest BCUT2D eigenvalue weighted by molar-refractivity contribution is -0.124. The van der Waals surface area contributed by atoms with Gasteiger partial charge in [-0.15, -0.1) is 0 Å². The van der Waals surface area contributed by atoms with Crippen LogP contribution >= 0.6 is 0 Å². The fourth-order valence-corrected chi connectivity index (χ4v) is 2.21. The SMILES string of the molecule is CCOc1ccc2oc(C(=O)OCC(=O)NC(C)C)c(C)c2c1. The molecule has 0 aliphatic heterocycles. The summed E-state index contributed by atoms with van der Waals surface area (Å²) in [5.41, 5.74) is 1.24. The van der Waals surface area contributed by atoms with Crippen LogP contribution in [-0.2, 0) is 9.53 Å². The highest BCUT2D eigenvalue weighted by atomic mass is 16.5. The van der Waals surface area contributed by atoms with Gasteiger partial charge in [-0.25, -0.2) is 4.79 Å². The zero-order valence-electron chi connectivity index (χ0n) is 13.8. The zero-order chi connectivity index (χ0) is 17.0. The molecule has 2 aromatic rings. The minimum atomic E-state index is -0.657. The Morgan fingerprint density at radius 1 is 1.30 bits per heavy atom. The third-order valence-electron chi connectivity index (χ3n) is 3.19. The number of furan rings is 1. The number of hydrogen-bond acceptors (Lipinski definition) is 5. The monoisotopic (exact) mass is 319 g/mol. The van der Waals surface area contributed by atoms with E-state index in [1.807, 2.05) is 26.8 Å². The van der Waals surface area contributed by atoms with Crippen molar-refractivity contribution in [2.45, 2.75) is 33.7 Å². The Morgan fingerprint density at radius 2 is 2.04 bits per heavy atom. The average molecular weight is 319 g/mol. The Morgan fingerprint density at radius 3 is 2.70 bits per heavy atom. The first-order valence-corrected chi connectivity index (χ1v) is 7.54. The maximum Gasteiger partial charge on any atom is 0.375 e. The van der Waals surface area contributed by atoms with Crippen molar-refractivity contribution in [2.24, 2.45) is 0 Å². The van der Waals surface area contributed by atoms with Gasteiger partial charge in [0.1, 0.15) is 11.3 Å². The fraction of sp³-hybridized carbons (Fsp3) is 0.412. The van der Waals surface area contributed by atoms with Crippen molar-refractivity contribution in [3.63, 3.8) is 0 Å². The van der Waals surface area contributed by atoms with Crippen LogP contribution in [-0.4, -0.2) is 31.1 Å². The van der Waals surface area contributed by atoms with E-state index in [1.165, 1.54) is 0 Å². The molecule has 0 aliphatic rings. The third kappa shape index (κ3) is 4.03. The standard InChI is InChI=1S/C17H21NO5/c1-5-21-12-6-7-14-13(8-12)11(4)16(23-14)17(20)22-9-15(19)18-10(2)3/h6-8,10H,5,9H2,1-4H3,(H,18,19). The number of carbonyl (C=O) groups excluding carboxylic acids is 2. The van der Waals surface area contributed by atoms with Gasteiger partial charge in [-0.05, 0) is 45.9 Å². The lowest BCUT2D eigenvalue weighted by atomic mass is 10.1. The highest BCUT2D eigenvalue weighted by molar-refractivity contribution is 5.97. The molecule has 0 aliphatic carbocycles. The van der Waals surface area contributed by atoms with E-state index < -0.39 is 5.97 Å². The largest absolute Gasteiger partial charge is 0.494 e. The van der Waals surface area contributed by atoms with Gasteiger partial charge in [0, 0.05) is 17.0 Å². The molecule has 0 unspecified atom stereocenters. The number of hydrogen-bond donors (Lipinski definition) is 1. The van der Waals surface area contributed by atoms with Crippen molar-refractivity contribution >= 4 is 22.8 Å². The van der Waals surface area contributed by atoms with Crippen molar-refractivity contribution in [1.29, 1.82) is 0 Å².